The van der Waals surface area contributed by atoms with E-state index >= 15 is 0 Å². The van der Waals surface area contributed by atoms with Crippen LogP contribution in [0.2, 0.25) is 4.82 Å². The summed E-state index contributed by atoms with van der Waals surface area (Å²) in [5.74, 6) is -0.258. The Kier molecular flexibility index (Phi) is 9.43. The molecule has 0 saturated carbocycles. The minimum atomic E-state index is -3.66. The molecular formula is C23H30O3SSe. The van der Waals surface area contributed by atoms with Gasteiger partial charge in [0.15, 0.2) is 0 Å². The summed E-state index contributed by atoms with van der Waals surface area (Å²) in [6.45, 7) is 3.60. The SMILES string of the molecule is CCCCCCC(CC(C(C)=O)S(=O)(=O)c1ccccc1)[Se]c1ccccc1. The van der Waals surface area contributed by atoms with Crippen LogP contribution in [-0.2, 0) is 14.6 Å². The van der Waals surface area contributed by atoms with Gasteiger partial charge in [0, 0.05) is 0 Å². The van der Waals surface area contributed by atoms with E-state index in [4.69, 9.17) is 0 Å². The zero-order chi connectivity index (χ0) is 20.4. The van der Waals surface area contributed by atoms with Crippen LogP contribution < -0.4 is 4.46 Å². The zero-order valence-corrected chi connectivity index (χ0v) is 19.2. The van der Waals surface area contributed by atoms with Crippen molar-refractivity contribution in [1.82, 2.24) is 0 Å². The monoisotopic (exact) mass is 466 g/mol. The number of carbonyl (C=O) groups excluding carboxylic acids is 1. The number of Topliss-reactive ketones (excluding diaryl/α,β-unsaturated/α-hetero) is 1. The van der Waals surface area contributed by atoms with Crippen LogP contribution in [0.25, 0.3) is 0 Å². The van der Waals surface area contributed by atoms with Gasteiger partial charge >= 0.3 is 176 Å². The molecule has 0 aliphatic heterocycles. The summed E-state index contributed by atoms with van der Waals surface area (Å²) in [5.41, 5.74) is 0. The van der Waals surface area contributed by atoms with E-state index in [1.165, 1.54) is 24.2 Å². The average Bonchev–Trinajstić information content (AvgIpc) is 2.70. The van der Waals surface area contributed by atoms with E-state index in [-0.39, 0.29) is 30.5 Å². The molecule has 152 valence electrons. The first-order chi connectivity index (χ1) is 13.4. The standard InChI is InChI=1S/C23H30O3SSe/c1-3-4-5-10-17-22(28-21-15-11-7-12-16-21)18-23(19(2)24)27(25,26)20-13-8-6-9-14-20/h6-9,11-16,22-23H,3-5,10,17-18H2,1-2H3. The van der Waals surface area contributed by atoms with E-state index in [0.29, 0.717) is 6.42 Å². The van der Waals surface area contributed by atoms with Crippen molar-refractivity contribution in [2.75, 3.05) is 0 Å². The fourth-order valence-electron chi connectivity index (χ4n) is 3.24. The number of hydrogen-bond donors (Lipinski definition) is 0. The third kappa shape index (κ3) is 6.88. The van der Waals surface area contributed by atoms with Crippen molar-refractivity contribution in [3.8, 4) is 0 Å². The second-order valence-electron chi connectivity index (χ2n) is 7.10. The molecule has 3 nitrogen and oxygen atoms in total. The van der Waals surface area contributed by atoms with Gasteiger partial charge in [0.2, 0.25) is 0 Å². The van der Waals surface area contributed by atoms with Gasteiger partial charge in [0.1, 0.15) is 0 Å². The summed E-state index contributed by atoms with van der Waals surface area (Å²) >= 11 is 0.146. The van der Waals surface area contributed by atoms with Crippen molar-refractivity contribution in [3.05, 3.63) is 60.7 Å². The number of unbranched alkanes of at least 4 members (excludes halogenated alkanes) is 3. The van der Waals surface area contributed by atoms with Gasteiger partial charge in [0.05, 0.1) is 0 Å². The molecule has 0 aliphatic rings. The van der Waals surface area contributed by atoms with Crippen LogP contribution >= 0.6 is 0 Å². The molecule has 0 radical (unpaired) electrons. The van der Waals surface area contributed by atoms with Gasteiger partial charge < -0.3 is 0 Å². The number of rotatable bonds is 12. The van der Waals surface area contributed by atoms with Gasteiger partial charge in [-0.1, -0.05) is 0 Å². The van der Waals surface area contributed by atoms with Crippen LogP contribution in [0.1, 0.15) is 52.4 Å². The average molecular weight is 466 g/mol. The summed E-state index contributed by atoms with van der Waals surface area (Å²) < 4.78 is 27.5. The molecule has 2 atom stereocenters. The second-order valence-corrected chi connectivity index (χ2v) is 12.1. The van der Waals surface area contributed by atoms with Crippen molar-refractivity contribution in [2.24, 2.45) is 0 Å². The van der Waals surface area contributed by atoms with E-state index in [1.54, 1.807) is 30.3 Å². The van der Waals surface area contributed by atoms with Crippen molar-refractivity contribution in [3.63, 3.8) is 0 Å². The van der Waals surface area contributed by atoms with E-state index in [2.05, 4.69) is 19.1 Å². The molecule has 0 spiro atoms. The van der Waals surface area contributed by atoms with E-state index in [1.807, 2.05) is 18.2 Å². The predicted octanol–water partition coefficient (Wildman–Crippen LogP) is 4.60. The molecule has 0 bridgehead atoms. The maximum absolute atomic E-state index is 13.1. The summed E-state index contributed by atoms with van der Waals surface area (Å²) in [6.07, 6.45) is 6.00. The number of carbonyl (C=O) groups is 1. The van der Waals surface area contributed by atoms with Gasteiger partial charge in [-0.2, -0.15) is 0 Å². The topological polar surface area (TPSA) is 51.2 Å². The first kappa shape index (κ1) is 22.9. The van der Waals surface area contributed by atoms with E-state index in [0.717, 1.165) is 19.3 Å². The molecule has 2 unspecified atom stereocenters. The molecule has 2 rings (SSSR count). The number of benzene rings is 2. The van der Waals surface area contributed by atoms with Crippen LogP contribution in [0.5, 0.6) is 0 Å². The van der Waals surface area contributed by atoms with Crippen LogP contribution in [0.3, 0.4) is 0 Å². The first-order valence-corrected chi connectivity index (χ1v) is 13.4. The summed E-state index contributed by atoms with van der Waals surface area (Å²) in [7, 11) is -3.66. The zero-order valence-electron chi connectivity index (χ0n) is 16.7. The second kappa shape index (κ2) is 11.5. The third-order valence-corrected chi connectivity index (χ3v) is 9.74. The quantitative estimate of drug-likeness (QED) is 0.340. The Morgan fingerprint density at radius 3 is 2.11 bits per heavy atom. The minimum absolute atomic E-state index is 0.146. The van der Waals surface area contributed by atoms with E-state index < -0.39 is 15.1 Å². The van der Waals surface area contributed by atoms with Crippen LogP contribution in [0.4, 0.5) is 0 Å². The molecule has 5 heteroatoms. The van der Waals surface area contributed by atoms with Gasteiger partial charge in [0.25, 0.3) is 0 Å². The summed E-state index contributed by atoms with van der Waals surface area (Å²) in [4.78, 5) is 12.8. The van der Waals surface area contributed by atoms with E-state index in [9.17, 15) is 13.2 Å². The molecule has 0 aromatic heterocycles. The Hall–Kier alpha value is -1.42. The Labute approximate surface area is 176 Å². The number of hydrogen-bond acceptors (Lipinski definition) is 3. The molecule has 0 saturated heterocycles. The molecule has 0 amide bonds. The van der Waals surface area contributed by atoms with Gasteiger partial charge in [-0.3, -0.25) is 0 Å². The Morgan fingerprint density at radius 2 is 1.54 bits per heavy atom. The number of ketones is 1. The van der Waals surface area contributed by atoms with Crippen molar-refractivity contribution in [1.29, 1.82) is 0 Å². The van der Waals surface area contributed by atoms with Crippen LogP contribution in [-0.4, -0.2) is 34.4 Å². The normalized spacial score (nSPS) is 13.8. The Bertz CT molecular complexity index is 819. The van der Waals surface area contributed by atoms with Crippen molar-refractivity contribution < 1.29 is 13.2 Å². The Morgan fingerprint density at radius 1 is 0.929 bits per heavy atom. The first-order valence-electron chi connectivity index (χ1n) is 9.96. The third-order valence-electron chi connectivity index (χ3n) is 4.80. The Balaban J connectivity index is 2.20. The summed E-state index contributed by atoms with van der Waals surface area (Å²) in [5, 5.41) is -0.961. The molecule has 0 fully saturated rings. The van der Waals surface area contributed by atoms with Gasteiger partial charge in [-0.25, -0.2) is 0 Å². The maximum atomic E-state index is 13.1. The summed E-state index contributed by atoms with van der Waals surface area (Å²) in [6, 6.07) is 18.6. The molecule has 2 aromatic rings. The predicted molar refractivity (Wildman–Crippen MR) is 117 cm³/mol. The fourth-order valence-corrected chi connectivity index (χ4v) is 7.97. The molecule has 0 heterocycles. The molecule has 0 N–H and O–H groups in total. The molecule has 28 heavy (non-hydrogen) atoms. The van der Waals surface area contributed by atoms with Crippen molar-refractivity contribution >= 4 is 35.0 Å². The fraction of sp³-hybridized carbons (Fsp3) is 0.435. The van der Waals surface area contributed by atoms with Gasteiger partial charge in [-0.15, -0.1) is 0 Å². The van der Waals surface area contributed by atoms with Crippen LogP contribution in [0.15, 0.2) is 65.6 Å². The molecule has 0 aliphatic carbocycles. The molecule has 2 aromatic carbocycles. The van der Waals surface area contributed by atoms with Gasteiger partial charge in [-0.05, 0) is 0 Å². The van der Waals surface area contributed by atoms with Crippen molar-refractivity contribution in [2.45, 2.75) is 67.3 Å². The molecular weight excluding hydrogens is 435 g/mol. The van der Waals surface area contributed by atoms with Crippen LogP contribution in [0, 0.1) is 0 Å². The number of sulfone groups is 1.